The maximum Gasteiger partial charge on any atom is 0.228 e. The second-order valence-corrected chi connectivity index (χ2v) is 6.12. The van der Waals surface area contributed by atoms with Crippen LogP contribution in [0.5, 0.6) is 11.5 Å². The van der Waals surface area contributed by atoms with Crippen molar-refractivity contribution in [1.82, 2.24) is 4.90 Å². The highest BCUT2D eigenvalue weighted by Gasteiger charge is 2.15. The van der Waals surface area contributed by atoms with Crippen molar-refractivity contribution in [3.63, 3.8) is 0 Å². The molecule has 130 valence electrons. The third kappa shape index (κ3) is 4.47. The first-order valence-corrected chi connectivity index (χ1v) is 8.01. The van der Waals surface area contributed by atoms with Gasteiger partial charge in [-0.25, -0.2) is 4.99 Å². The van der Waals surface area contributed by atoms with E-state index in [0.717, 1.165) is 18.7 Å². The molecule has 0 radical (unpaired) electrons. The van der Waals surface area contributed by atoms with Crippen molar-refractivity contribution in [1.29, 1.82) is 0 Å². The van der Waals surface area contributed by atoms with Gasteiger partial charge in [0.2, 0.25) is 5.96 Å². The number of aliphatic imine (C=N–C) groups is 3. The Hall–Kier alpha value is -2.57. The van der Waals surface area contributed by atoms with Crippen LogP contribution in [0.3, 0.4) is 0 Å². The van der Waals surface area contributed by atoms with Gasteiger partial charge in [0.1, 0.15) is 11.7 Å². The van der Waals surface area contributed by atoms with Crippen LogP contribution in [-0.2, 0) is 6.42 Å². The van der Waals surface area contributed by atoms with Gasteiger partial charge in [0.15, 0.2) is 11.5 Å². The van der Waals surface area contributed by atoms with E-state index in [1.54, 1.807) is 12.1 Å². The molecule has 0 amide bonds. The number of hydrogen-bond acceptors (Lipinski definition) is 6. The fraction of sp³-hybridized carbons (Fsp3) is 0.471. The summed E-state index contributed by atoms with van der Waals surface area (Å²) in [6, 6.07) is 4.93. The Kier molecular flexibility index (Phi) is 5.78. The number of phenols is 2. The topological polar surface area (TPSA) is 107 Å². The van der Waals surface area contributed by atoms with Gasteiger partial charge in [-0.2, -0.15) is 4.99 Å². The molecule has 1 aliphatic rings. The molecule has 0 aliphatic carbocycles. The van der Waals surface area contributed by atoms with Crippen molar-refractivity contribution in [2.45, 2.75) is 26.2 Å². The van der Waals surface area contributed by atoms with E-state index in [0.29, 0.717) is 30.3 Å². The smallest absolute Gasteiger partial charge is 0.228 e. The minimum atomic E-state index is -0.113. The summed E-state index contributed by atoms with van der Waals surface area (Å²) in [5, 5.41) is 19.4. The SMILES string of the molecule is CC1CCC(=NCCc2cccc(O)c2O)N=C(N(C)C)N=C1N. The number of guanidine groups is 1. The van der Waals surface area contributed by atoms with Crippen LogP contribution in [0.15, 0.2) is 33.2 Å². The molecule has 4 N–H and O–H groups in total. The number of nitrogens with zero attached hydrogens (tertiary/aromatic N) is 4. The van der Waals surface area contributed by atoms with Crippen LogP contribution in [0.1, 0.15) is 25.3 Å². The van der Waals surface area contributed by atoms with Gasteiger partial charge in [0.05, 0.1) is 0 Å². The van der Waals surface area contributed by atoms with Gasteiger partial charge in [0, 0.05) is 33.0 Å². The molecule has 2 rings (SSSR count). The molecule has 1 aromatic rings. The van der Waals surface area contributed by atoms with Crippen LogP contribution in [0, 0.1) is 5.92 Å². The summed E-state index contributed by atoms with van der Waals surface area (Å²) in [5.74, 6) is 1.83. The first-order valence-electron chi connectivity index (χ1n) is 8.01. The molecule has 0 saturated heterocycles. The minimum Gasteiger partial charge on any atom is -0.504 e. The van der Waals surface area contributed by atoms with E-state index >= 15 is 0 Å². The molecule has 0 spiro atoms. The zero-order valence-corrected chi connectivity index (χ0v) is 14.4. The largest absolute Gasteiger partial charge is 0.504 e. The quantitative estimate of drug-likeness (QED) is 0.733. The van der Waals surface area contributed by atoms with Gasteiger partial charge in [-0.1, -0.05) is 19.1 Å². The van der Waals surface area contributed by atoms with E-state index in [1.165, 1.54) is 6.07 Å². The summed E-state index contributed by atoms with van der Waals surface area (Å²) in [6.07, 6.45) is 2.09. The highest BCUT2D eigenvalue weighted by atomic mass is 16.3. The molecular weight excluding hydrogens is 306 g/mol. The molecule has 1 heterocycles. The second-order valence-electron chi connectivity index (χ2n) is 6.12. The van der Waals surface area contributed by atoms with Crippen LogP contribution >= 0.6 is 0 Å². The lowest BCUT2D eigenvalue weighted by Gasteiger charge is -2.18. The van der Waals surface area contributed by atoms with E-state index in [4.69, 9.17) is 5.73 Å². The predicted molar refractivity (Wildman–Crippen MR) is 96.9 cm³/mol. The highest BCUT2D eigenvalue weighted by Crippen LogP contribution is 2.28. The highest BCUT2D eigenvalue weighted by molar-refractivity contribution is 6.03. The lowest BCUT2D eigenvalue weighted by atomic mass is 10.0. The minimum absolute atomic E-state index is 0.0844. The molecule has 1 aromatic carbocycles. The number of amidine groups is 2. The van der Waals surface area contributed by atoms with Gasteiger partial charge in [-0.15, -0.1) is 0 Å². The maximum absolute atomic E-state index is 9.83. The Labute approximate surface area is 142 Å². The number of nitrogens with two attached hydrogens (primary N) is 1. The second kappa shape index (κ2) is 7.81. The lowest BCUT2D eigenvalue weighted by molar-refractivity contribution is 0.399. The first-order chi connectivity index (χ1) is 11.4. The van der Waals surface area contributed by atoms with Crippen molar-refractivity contribution in [2.24, 2.45) is 26.6 Å². The van der Waals surface area contributed by atoms with Crippen LogP contribution in [0.25, 0.3) is 0 Å². The Morgan fingerprint density at radius 3 is 2.75 bits per heavy atom. The third-order valence-corrected chi connectivity index (χ3v) is 3.94. The van der Waals surface area contributed by atoms with Crippen LogP contribution < -0.4 is 5.73 Å². The van der Waals surface area contributed by atoms with E-state index in [-0.39, 0.29) is 17.4 Å². The average molecular weight is 331 g/mol. The monoisotopic (exact) mass is 331 g/mol. The van der Waals surface area contributed by atoms with Crippen molar-refractivity contribution in [2.75, 3.05) is 20.6 Å². The summed E-state index contributed by atoms with van der Waals surface area (Å²) < 4.78 is 0. The van der Waals surface area contributed by atoms with E-state index in [1.807, 2.05) is 25.9 Å². The molecule has 0 fully saturated rings. The molecule has 0 bridgehead atoms. The number of hydrogen-bond donors (Lipinski definition) is 3. The zero-order chi connectivity index (χ0) is 17.7. The van der Waals surface area contributed by atoms with Gasteiger partial charge >= 0.3 is 0 Å². The fourth-order valence-corrected chi connectivity index (χ4v) is 2.31. The Morgan fingerprint density at radius 2 is 2.04 bits per heavy atom. The Morgan fingerprint density at radius 1 is 1.29 bits per heavy atom. The fourth-order valence-electron chi connectivity index (χ4n) is 2.31. The van der Waals surface area contributed by atoms with E-state index in [9.17, 15) is 10.2 Å². The summed E-state index contributed by atoms with van der Waals surface area (Å²) >= 11 is 0. The molecule has 24 heavy (non-hydrogen) atoms. The molecule has 7 heteroatoms. The molecule has 0 saturated carbocycles. The van der Waals surface area contributed by atoms with E-state index in [2.05, 4.69) is 15.0 Å². The first kappa shape index (κ1) is 17.8. The maximum atomic E-state index is 9.83. The predicted octanol–water partition coefficient (Wildman–Crippen LogP) is 1.74. The number of benzene rings is 1. The van der Waals surface area contributed by atoms with Gasteiger partial charge in [0.25, 0.3) is 0 Å². The third-order valence-electron chi connectivity index (χ3n) is 3.94. The summed E-state index contributed by atoms with van der Waals surface area (Å²) in [6.45, 7) is 2.52. The van der Waals surface area contributed by atoms with Gasteiger partial charge in [-0.3, -0.25) is 4.99 Å². The number of para-hydroxylation sites is 1. The van der Waals surface area contributed by atoms with Crippen molar-refractivity contribution < 1.29 is 10.2 Å². The molecule has 7 nitrogen and oxygen atoms in total. The average Bonchev–Trinajstić information content (AvgIpc) is 2.53. The Bertz CT molecular complexity index is 680. The molecule has 1 aliphatic heterocycles. The lowest BCUT2D eigenvalue weighted by Crippen LogP contribution is -2.30. The zero-order valence-electron chi connectivity index (χ0n) is 14.4. The Balaban J connectivity index is 2.15. The number of rotatable bonds is 3. The standard InChI is InChI=1S/C17H25N5O2/c1-11-7-8-14(20-17(22(2)3)21-16(11)18)19-10-9-12-5-4-6-13(23)15(12)24/h4-6,11,23-24H,7-10H2,1-3H3,(H2,18,19,20,21). The van der Waals surface area contributed by atoms with Gasteiger partial charge in [-0.05, 0) is 24.5 Å². The van der Waals surface area contributed by atoms with E-state index < -0.39 is 0 Å². The van der Waals surface area contributed by atoms with Crippen LogP contribution in [-0.4, -0.2) is 53.4 Å². The van der Waals surface area contributed by atoms with Crippen LogP contribution in [0.2, 0.25) is 0 Å². The summed E-state index contributed by atoms with van der Waals surface area (Å²) in [5.41, 5.74) is 6.64. The normalized spacial score (nSPS) is 20.1. The molecule has 1 atom stereocenters. The van der Waals surface area contributed by atoms with Crippen LogP contribution in [0.4, 0.5) is 0 Å². The molecule has 1 unspecified atom stereocenters. The molecular formula is C17H25N5O2. The van der Waals surface area contributed by atoms with Gasteiger partial charge < -0.3 is 20.8 Å². The molecule has 0 aromatic heterocycles. The van der Waals surface area contributed by atoms with Crippen molar-refractivity contribution in [3.8, 4) is 11.5 Å². The summed E-state index contributed by atoms with van der Waals surface area (Å²) in [7, 11) is 3.73. The van der Waals surface area contributed by atoms with Crippen molar-refractivity contribution in [3.05, 3.63) is 23.8 Å². The number of aromatic hydroxyl groups is 2. The van der Waals surface area contributed by atoms with Crippen molar-refractivity contribution >= 4 is 17.6 Å². The number of phenolic OH excluding ortho intramolecular Hbond substituents is 2. The summed E-state index contributed by atoms with van der Waals surface area (Å²) in [4.78, 5) is 15.2.